The molecule has 15 heavy (non-hydrogen) atoms. The van der Waals surface area contributed by atoms with E-state index in [1.807, 2.05) is 0 Å². The molecule has 1 unspecified atom stereocenters. The van der Waals surface area contributed by atoms with E-state index in [4.69, 9.17) is 0 Å². The van der Waals surface area contributed by atoms with Gasteiger partial charge in [-0.3, -0.25) is 10.1 Å². The average Bonchev–Trinajstić information content (AvgIpc) is 2.58. The highest BCUT2D eigenvalue weighted by Gasteiger charge is 2.34. The molecule has 0 aliphatic carbocycles. The molecular weight excluding hydrogens is 194 g/mol. The summed E-state index contributed by atoms with van der Waals surface area (Å²) in [5, 5.41) is 2.33. The van der Waals surface area contributed by atoms with E-state index in [1.165, 1.54) is 0 Å². The Morgan fingerprint density at radius 1 is 1.47 bits per heavy atom. The lowest BCUT2D eigenvalue weighted by atomic mass is 10.0. The van der Waals surface area contributed by atoms with Crippen molar-refractivity contribution in [2.75, 3.05) is 26.2 Å². The van der Waals surface area contributed by atoms with Crippen LogP contribution in [0.4, 0.5) is 4.79 Å². The van der Waals surface area contributed by atoms with Gasteiger partial charge in [0.15, 0.2) is 0 Å². The first-order chi connectivity index (χ1) is 7.20. The van der Waals surface area contributed by atoms with Crippen LogP contribution in [0, 0.1) is 0 Å². The summed E-state index contributed by atoms with van der Waals surface area (Å²) in [6, 6.07) is -0.00639. The van der Waals surface area contributed by atoms with Gasteiger partial charge in [0.1, 0.15) is 6.54 Å². The van der Waals surface area contributed by atoms with Crippen molar-refractivity contribution < 1.29 is 9.59 Å². The van der Waals surface area contributed by atoms with Crippen LogP contribution in [0.25, 0.3) is 0 Å². The van der Waals surface area contributed by atoms with Crippen LogP contribution in [-0.2, 0) is 4.79 Å². The number of hydrogen-bond acceptors (Lipinski definition) is 3. The first kappa shape index (κ1) is 10.4. The minimum atomic E-state index is -0.219. The fourth-order valence-electron chi connectivity index (χ4n) is 2.32. The van der Waals surface area contributed by atoms with Gasteiger partial charge in [-0.2, -0.15) is 0 Å². The molecule has 0 aromatic rings. The molecule has 2 saturated heterocycles. The number of nitrogens with zero attached hydrogens (tertiary/aromatic N) is 2. The molecule has 3 amide bonds. The van der Waals surface area contributed by atoms with Gasteiger partial charge >= 0.3 is 6.03 Å². The van der Waals surface area contributed by atoms with Gasteiger partial charge in [0, 0.05) is 12.6 Å². The van der Waals surface area contributed by atoms with Crippen molar-refractivity contribution in [2.45, 2.75) is 25.8 Å². The summed E-state index contributed by atoms with van der Waals surface area (Å²) < 4.78 is 0. The van der Waals surface area contributed by atoms with Crippen molar-refractivity contribution in [3.05, 3.63) is 0 Å². The third-order valence-corrected chi connectivity index (χ3v) is 3.19. The van der Waals surface area contributed by atoms with Crippen molar-refractivity contribution in [3.63, 3.8) is 0 Å². The molecule has 2 aliphatic heterocycles. The SMILES string of the molecule is CCN1CCCC(N2CC(=O)NC2=O)C1. The molecule has 1 N–H and O–H groups in total. The smallest absolute Gasteiger partial charge is 0.311 e. The van der Waals surface area contributed by atoms with Crippen LogP contribution in [-0.4, -0.2) is 54.0 Å². The Kier molecular flexibility index (Phi) is 2.90. The monoisotopic (exact) mass is 211 g/mol. The predicted octanol–water partition coefficient (Wildman–Crippen LogP) is 0.0225. The Labute approximate surface area is 89.4 Å². The highest BCUT2D eigenvalue weighted by atomic mass is 16.2. The van der Waals surface area contributed by atoms with E-state index in [0.717, 1.165) is 32.5 Å². The number of nitrogens with one attached hydrogen (secondary N) is 1. The third-order valence-electron chi connectivity index (χ3n) is 3.19. The molecule has 2 rings (SSSR count). The van der Waals surface area contributed by atoms with Gasteiger partial charge in [-0.1, -0.05) is 6.92 Å². The van der Waals surface area contributed by atoms with Gasteiger partial charge in [-0.15, -0.1) is 0 Å². The quantitative estimate of drug-likeness (QED) is 0.655. The van der Waals surface area contributed by atoms with Gasteiger partial charge in [0.2, 0.25) is 5.91 Å². The minimum absolute atomic E-state index is 0.173. The lowest BCUT2D eigenvalue weighted by molar-refractivity contribution is -0.118. The number of imide groups is 1. The number of hydrogen-bond donors (Lipinski definition) is 1. The number of rotatable bonds is 2. The lowest BCUT2D eigenvalue weighted by Gasteiger charge is -2.36. The Bertz CT molecular complexity index is 280. The van der Waals surface area contributed by atoms with Gasteiger partial charge in [-0.25, -0.2) is 4.79 Å². The van der Waals surface area contributed by atoms with E-state index in [2.05, 4.69) is 17.1 Å². The zero-order valence-electron chi connectivity index (χ0n) is 9.03. The van der Waals surface area contributed by atoms with Gasteiger partial charge in [0.25, 0.3) is 0 Å². The molecule has 0 radical (unpaired) electrons. The lowest BCUT2D eigenvalue weighted by Crippen LogP contribution is -2.48. The summed E-state index contributed by atoms with van der Waals surface area (Å²) in [6.45, 7) is 5.38. The van der Waals surface area contributed by atoms with Gasteiger partial charge in [-0.05, 0) is 25.9 Å². The van der Waals surface area contributed by atoms with Crippen LogP contribution < -0.4 is 5.32 Å². The van der Waals surface area contributed by atoms with E-state index >= 15 is 0 Å². The maximum Gasteiger partial charge on any atom is 0.324 e. The number of carbonyl (C=O) groups is 2. The van der Waals surface area contributed by atoms with Gasteiger partial charge in [0.05, 0.1) is 0 Å². The number of piperidine rings is 1. The Morgan fingerprint density at radius 3 is 2.87 bits per heavy atom. The molecule has 2 fully saturated rings. The minimum Gasteiger partial charge on any atom is -0.311 e. The largest absolute Gasteiger partial charge is 0.324 e. The van der Waals surface area contributed by atoms with Crippen molar-refractivity contribution in [3.8, 4) is 0 Å². The van der Waals surface area contributed by atoms with E-state index in [1.54, 1.807) is 4.90 Å². The second kappa shape index (κ2) is 4.18. The summed E-state index contributed by atoms with van der Waals surface area (Å²) >= 11 is 0. The molecule has 84 valence electrons. The maximum atomic E-state index is 11.5. The third kappa shape index (κ3) is 2.12. The predicted molar refractivity (Wildman–Crippen MR) is 55.4 cm³/mol. The number of urea groups is 1. The summed E-state index contributed by atoms with van der Waals surface area (Å²) in [6.07, 6.45) is 2.12. The van der Waals surface area contributed by atoms with Crippen molar-refractivity contribution >= 4 is 11.9 Å². The zero-order valence-corrected chi connectivity index (χ0v) is 9.03. The van der Waals surface area contributed by atoms with E-state index in [-0.39, 0.29) is 24.5 Å². The van der Waals surface area contributed by atoms with Crippen molar-refractivity contribution in [2.24, 2.45) is 0 Å². The van der Waals surface area contributed by atoms with Crippen LogP contribution >= 0.6 is 0 Å². The molecule has 2 heterocycles. The van der Waals surface area contributed by atoms with Crippen molar-refractivity contribution in [1.29, 1.82) is 0 Å². The second-order valence-corrected chi connectivity index (χ2v) is 4.17. The van der Waals surface area contributed by atoms with Crippen LogP contribution in [0.3, 0.4) is 0 Å². The molecular formula is C10H17N3O2. The molecule has 0 aromatic carbocycles. The number of likely N-dealkylation sites (tertiary alicyclic amines) is 1. The van der Waals surface area contributed by atoms with Crippen LogP contribution in [0.5, 0.6) is 0 Å². The zero-order chi connectivity index (χ0) is 10.8. The standard InChI is InChI=1S/C10H17N3O2/c1-2-12-5-3-4-8(6-12)13-7-9(14)11-10(13)15/h8H,2-7H2,1H3,(H,11,14,15). The van der Waals surface area contributed by atoms with Crippen LogP contribution in [0.1, 0.15) is 19.8 Å². The number of amides is 3. The van der Waals surface area contributed by atoms with E-state index in [9.17, 15) is 9.59 Å². The molecule has 1 atom stereocenters. The molecule has 0 saturated carbocycles. The second-order valence-electron chi connectivity index (χ2n) is 4.17. The fourth-order valence-corrected chi connectivity index (χ4v) is 2.32. The first-order valence-corrected chi connectivity index (χ1v) is 5.53. The molecule has 0 aromatic heterocycles. The molecule has 0 spiro atoms. The van der Waals surface area contributed by atoms with E-state index < -0.39 is 0 Å². The summed E-state index contributed by atoms with van der Waals surface area (Å²) in [5.41, 5.74) is 0. The number of carbonyl (C=O) groups excluding carboxylic acids is 2. The first-order valence-electron chi connectivity index (χ1n) is 5.53. The topological polar surface area (TPSA) is 52.6 Å². The molecule has 2 aliphatic rings. The summed E-state index contributed by atoms with van der Waals surface area (Å²) in [7, 11) is 0. The molecule has 0 bridgehead atoms. The Morgan fingerprint density at radius 2 is 2.27 bits per heavy atom. The molecule has 5 nitrogen and oxygen atoms in total. The highest BCUT2D eigenvalue weighted by molar-refractivity contribution is 6.02. The fraction of sp³-hybridized carbons (Fsp3) is 0.800. The van der Waals surface area contributed by atoms with Crippen LogP contribution in [0.15, 0.2) is 0 Å². The summed E-state index contributed by atoms with van der Waals surface area (Å²) in [4.78, 5) is 26.5. The summed E-state index contributed by atoms with van der Waals surface area (Å²) in [5.74, 6) is -0.173. The van der Waals surface area contributed by atoms with Gasteiger partial charge < -0.3 is 9.80 Å². The average molecular weight is 211 g/mol. The molecule has 5 heteroatoms. The number of likely N-dealkylation sites (N-methyl/N-ethyl adjacent to an activating group) is 1. The maximum absolute atomic E-state index is 11.5. The van der Waals surface area contributed by atoms with E-state index in [0.29, 0.717) is 0 Å². The Hall–Kier alpha value is -1.10. The normalized spacial score (nSPS) is 28.3. The van der Waals surface area contributed by atoms with Crippen LogP contribution in [0.2, 0.25) is 0 Å². The highest BCUT2D eigenvalue weighted by Crippen LogP contribution is 2.17. The Balaban J connectivity index is 1.98. The van der Waals surface area contributed by atoms with Crippen molar-refractivity contribution in [1.82, 2.24) is 15.1 Å².